The van der Waals surface area contributed by atoms with E-state index in [1.54, 1.807) is 0 Å². The van der Waals surface area contributed by atoms with Crippen molar-refractivity contribution in [3.63, 3.8) is 0 Å². The molecule has 0 saturated heterocycles. The largest absolute Gasteiger partial charge is 0.457 e. The molecule has 0 bridgehead atoms. The third-order valence-electron chi connectivity index (χ3n) is 17.5. The monoisotopic (exact) mass is 1050 g/mol. The Morgan fingerprint density at radius 3 is 1.40 bits per heavy atom. The lowest BCUT2D eigenvalue weighted by Crippen LogP contribution is -2.27. The Kier molecular flexibility index (Phi) is 13.3. The van der Waals surface area contributed by atoms with Gasteiger partial charge in [0.15, 0.2) is 0 Å². The van der Waals surface area contributed by atoms with Crippen molar-refractivity contribution in [3.8, 4) is 17.3 Å². The van der Waals surface area contributed by atoms with Gasteiger partial charge >= 0.3 is 0 Å². The molecule has 0 N–H and O–H groups in total. The molecule has 5 heteroatoms. The standard InChI is InChI=1S/C75H80N4O/c1-70(2,3)53-31-35-65-64(44-53)63-34-33-61(48-67(63)79(65)69-46-54(37-38-76-69)71(4,5)6)80-62-43-56(72(7,8)9)40-60(47-62)77-49-78(68-45-55(32-36-66(68)77)73(10,11)50-25-19-16-20-26-50)59-41-57(74(12,13)51-27-21-17-22-28-51)39-58(42-59)75(14,15)52-29-23-18-24-30-52/h16-48H,49H2,1-15H3. The highest BCUT2D eigenvalue weighted by Crippen LogP contribution is 2.51. The van der Waals surface area contributed by atoms with Gasteiger partial charge in [0.05, 0.1) is 22.4 Å². The first kappa shape index (κ1) is 54.1. The van der Waals surface area contributed by atoms with Gasteiger partial charge in [-0.2, -0.15) is 0 Å². The van der Waals surface area contributed by atoms with Gasteiger partial charge in [-0.3, -0.25) is 4.57 Å². The Labute approximate surface area is 476 Å². The predicted octanol–water partition coefficient (Wildman–Crippen LogP) is 20.1. The second-order valence-electron chi connectivity index (χ2n) is 27.2. The summed E-state index contributed by atoms with van der Waals surface area (Å²) in [6, 6.07) is 72.1. The molecule has 0 aliphatic carbocycles. The van der Waals surface area contributed by atoms with Crippen LogP contribution in [0.2, 0.25) is 0 Å². The van der Waals surface area contributed by atoms with E-state index in [4.69, 9.17) is 9.72 Å². The Morgan fingerprint density at radius 1 is 0.338 bits per heavy atom. The molecule has 2 aromatic heterocycles. The number of hydrogen-bond acceptors (Lipinski definition) is 4. The third kappa shape index (κ3) is 9.99. The first-order chi connectivity index (χ1) is 37.8. The Balaban J connectivity index is 1.07. The molecule has 0 fully saturated rings. The van der Waals surface area contributed by atoms with Crippen LogP contribution in [-0.2, 0) is 32.5 Å². The first-order valence-electron chi connectivity index (χ1n) is 28.7. The van der Waals surface area contributed by atoms with E-state index in [2.05, 4.69) is 312 Å². The van der Waals surface area contributed by atoms with E-state index in [0.29, 0.717) is 6.67 Å². The minimum absolute atomic E-state index is 0.00861. The zero-order chi connectivity index (χ0) is 56.7. The average Bonchev–Trinajstić information content (AvgIpc) is 4.12. The summed E-state index contributed by atoms with van der Waals surface area (Å²) >= 11 is 0. The smallest absolute Gasteiger partial charge is 0.137 e. The topological polar surface area (TPSA) is 33.5 Å². The summed E-state index contributed by atoms with van der Waals surface area (Å²) in [6.45, 7) is 35.3. The summed E-state index contributed by atoms with van der Waals surface area (Å²) < 4.78 is 9.52. The number of ether oxygens (including phenoxy) is 1. The number of fused-ring (bicyclic) bond motifs is 4. The summed E-state index contributed by atoms with van der Waals surface area (Å²) in [7, 11) is 0. The van der Waals surface area contributed by atoms with Crippen molar-refractivity contribution in [2.24, 2.45) is 0 Å². The van der Waals surface area contributed by atoms with E-state index in [0.717, 1.165) is 45.4 Å². The van der Waals surface area contributed by atoms with Gasteiger partial charge in [0.1, 0.15) is 24.0 Å². The van der Waals surface area contributed by atoms with Crippen LogP contribution in [-0.4, -0.2) is 16.2 Å². The SMILES string of the molecule is CC(C)(C)c1cc(Oc2ccc3c4cc(C(C)(C)C)ccc4n(-c4cc(C(C)(C)C)ccn4)c3c2)cc(N2CN(c3cc(C(C)(C)c4ccccc4)cc(C(C)(C)c4ccccc4)c3)c3cc(C(C)(C)c4ccccc4)ccc32)c1. The van der Waals surface area contributed by atoms with Crippen LogP contribution in [0.3, 0.4) is 0 Å². The molecule has 0 radical (unpaired) electrons. The fourth-order valence-corrected chi connectivity index (χ4v) is 11.8. The van der Waals surface area contributed by atoms with Crippen LogP contribution in [0.25, 0.3) is 27.6 Å². The van der Waals surface area contributed by atoms with E-state index < -0.39 is 0 Å². The van der Waals surface area contributed by atoms with Gasteiger partial charge in [0.2, 0.25) is 0 Å². The van der Waals surface area contributed by atoms with E-state index in [1.807, 2.05) is 6.20 Å². The number of rotatable bonds is 11. The maximum Gasteiger partial charge on any atom is 0.137 e. The number of pyridine rings is 1. The molecule has 8 aromatic carbocycles. The van der Waals surface area contributed by atoms with Crippen molar-refractivity contribution in [3.05, 3.63) is 250 Å². The van der Waals surface area contributed by atoms with Crippen LogP contribution in [0.4, 0.5) is 22.7 Å². The highest BCUT2D eigenvalue weighted by Gasteiger charge is 2.36. The Morgan fingerprint density at radius 2 is 0.838 bits per heavy atom. The van der Waals surface area contributed by atoms with E-state index in [1.165, 1.54) is 66.5 Å². The minimum atomic E-state index is -0.287. The minimum Gasteiger partial charge on any atom is -0.457 e. The number of hydrogen-bond donors (Lipinski definition) is 0. The van der Waals surface area contributed by atoms with Crippen LogP contribution < -0.4 is 14.5 Å². The van der Waals surface area contributed by atoms with Crippen LogP contribution in [0.5, 0.6) is 11.5 Å². The number of aromatic nitrogens is 2. The van der Waals surface area contributed by atoms with Crippen molar-refractivity contribution < 1.29 is 4.74 Å². The lowest BCUT2D eigenvalue weighted by molar-refractivity contribution is 0.479. The van der Waals surface area contributed by atoms with Crippen molar-refractivity contribution in [1.82, 2.24) is 9.55 Å². The van der Waals surface area contributed by atoms with Crippen LogP contribution in [0.15, 0.2) is 200 Å². The van der Waals surface area contributed by atoms with Gasteiger partial charge in [-0.05, 0) is 139 Å². The molecule has 1 aliphatic heterocycles. The number of anilines is 4. The second kappa shape index (κ2) is 19.7. The molecule has 3 heterocycles. The van der Waals surface area contributed by atoms with Crippen LogP contribution in [0, 0.1) is 0 Å². The molecular weight excluding hydrogens is 973 g/mol. The number of benzene rings is 8. The zero-order valence-corrected chi connectivity index (χ0v) is 50.0. The van der Waals surface area contributed by atoms with Gasteiger partial charge in [-0.15, -0.1) is 0 Å². The van der Waals surface area contributed by atoms with Gasteiger partial charge in [0, 0.05) is 56.7 Å². The highest BCUT2D eigenvalue weighted by atomic mass is 16.5. The molecule has 0 unspecified atom stereocenters. The average molecular weight is 1050 g/mol. The molecule has 0 amide bonds. The molecule has 0 spiro atoms. The summed E-state index contributed by atoms with van der Waals surface area (Å²) in [5.41, 5.74) is 17.0. The lowest BCUT2D eigenvalue weighted by Gasteiger charge is -2.33. The number of nitrogens with zero attached hydrogens (tertiary/aromatic N) is 4. The maximum atomic E-state index is 7.19. The first-order valence-corrected chi connectivity index (χ1v) is 28.7. The van der Waals surface area contributed by atoms with Gasteiger partial charge in [-0.25, -0.2) is 4.98 Å². The van der Waals surface area contributed by atoms with Gasteiger partial charge in [0.25, 0.3) is 0 Å². The van der Waals surface area contributed by atoms with E-state index >= 15 is 0 Å². The summed E-state index contributed by atoms with van der Waals surface area (Å²) in [5.74, 6) is 2.45. The van der Waals surface area contributed by atoms with Crippen LogP contribution in [0.1, 0.15) is 154 Å². The third-order valence-corrected chi connectivity index (χ3v) is 17.5. The zero-order valence-electron chi connectivity index (χ0n) is 50.0. The molecule has 1 aliphatic rings. The quantitative estimate of drug-likeness (QED) is 0.129. The Bertz CT molecular complexity index is 3850. The highest BCUT2D eigenvalue weighted by molar-refractivity contribution is 6.10. The molecule has 0 atom stereocenters. The molecule has 80 heavy (non-hydrogen) atoms. The molecule has 0 saturated carbocycles. The molecule has 11 rings (SSSR count). The summed E-state index contributed by atoms with van der Waals surface area (Å²) in [5, 5.41) is 2.37. The molecule has 406 valence electrons. The molecule has 10 aromatic rings. The van der Waals surface area contributed by atoms with Crippen molar-refractivity contribution in [2.45, 2.75) is 136 Å². The predicted molar refractivity (Wildman–Crippen MR) is 339 cm³/mol. The van der Waals surface area contributed by atoms with Gasteiger partial charge in [-0.1, -0.05) is 213 Å². The van der Waals surface area contributed by atoms with Crippen molar-refractivity contribution in [1.29, 1.82) is 0 Å². The van der Waals surface area contributed by atoms with E-state index in [-0.39, 0.29) is 32.5 Å². The maximum absolute atomic E-state index is 7.19. The molecular formula is C75H80N4O. The normalized spacial score (nSPS) is 13.6. The van der Waals surface area contributed by atoms with Gasteiger partial charge < -0.3 is 14.5 Å². The second-order valence-corrected chi connectivity index (χ2v) is 27.2. The molecule has 5 nitrogen and oxygen atoms in total. The van der Waals surface area contributed by atoms with Crippen molar-refractivity contribution >= 4 is 44.6 Å². The summed E-state index contributed by atoms with van der Waals surface area (Å²) in [4.78, 5) is 10.1. The fourth-order valence-electron chi connectivity index (χ4n) is 11.8. The van der Waals surface area contributed by atoms with Crippen LogP contribution >= 0.6 is 0 Å². The van der Waals surface area contributed by atoms with E-state index in [9.17, 15) is 0 Å². The Hall–Kier alpha value is -7.89. The van der Waals surface area contributed by atoms with Crippen molar-refractivity contribution in [2.75, 3.05) is 16.5 Å². The fraction of sp³-hybridized carbons (Fsp3) is 0.293. The summed E-state index contributed by atoms with van der Waals surface area (Å²) in [6.07, 6.45) is 1.95. The lowest BCUT2D eigenvalue weighted by atomic mass is 9.73.